The molecule has 2 rings (SSSR count). The molecular weight excluding hydrogens is 332 g/mol. The zero-order chi connectivity index (χ0) is 18.1. The molecule has 1 unspecified atom stereocenters. The first-order valence-corrected chi connectivity index (χ1v) is 9.17. The van der Waals surface area contributed by atoms with Gasteiger partial charge < -0.3 is 4.74 Å². The maximum absolute atomic E-state index is 12.2. The van der Waals surface area contributed by atoms with E-state index in [9.17, 15) is 4.79 Å². The lowest BCUT2D eigenvalue weighted by Crippen LogP contribution is -2.07. The van der Waals surface area contributed by atoms with Crippen molar-refractivity contribution in [3.05, 3.63) is 70.2 Å². The number of benzene rings is 2. The number of ether oxygens (including phenoxy) is 1. The second kappa shape index (κ2) is 10.0. The van der Waals surface area contributed by atoms with Crippen molar-refractivity contribution in [3.63, 3.8) is 0 Å². The molecule has 0 saturated carbocycles. The van der Waals surface area contributed by atoms with E-state index in [2.05, 4.69) is 13.8 Å². The standard InChI is InChI=1S/C22H25ClO2/c1-3-17(2)6-5-15-25-22(24)20-8-4-7-19(16-20)10-9-18-11-13-21(23)14-12-18/h4,7-14,16-17H,3,5-6,15H2,1-2H3/b10-9+. The summed E-state index contributed by atoms with van der Waals surface area (Å²) in [6, 6.07) is 15.1. The predicted octanol–water partition coefficient (Wildman–Crippen LogP) is 6.49. The summed E-state index contributed by atoms with van der Waals surface area (Å²) in [5.41, 5.74) is 2.60. The average Bonchev–Trinajstić information content (AvgIpc) is 2.64. The molecule has 0 amide bonds. The Hall–Kier alpha value is -2.06. The zero-order valence-corrected chi connectivity index (χ0v) is 15.6. The molecule has 0 aromatic heterocycles. The third-order valence-electron chi connectivity index (χ3n) is 4.23. The Morgan fingerprint density at radius 2 is 1.84 bits per heavy atom. The molecule has 0 heterocycles. The van der Waals surface area contributed by atoms with Crippen LogP contribution >= 0.6 is 11.6 Å². The monoisotopic (exact) mass is 356 g/mol. The van der Waals surface area contributed by atoms with Crippen molar-refractivity contribution < 1.29 is 9.53 Å². The maximum atomic E-state index is 12.2. The van der Waals surface area contributed by atoms with Gasteiger partial charge >= 0.3 is 5.97 Å². The molecule has 0 fully saturated rings. The Morgan fingerprint density at radius 1 is 1.12 bits per heavy atom. The highest BCUT2D eigenvalue weighted by atomic mass is 35.5. The van der Waals surface area contributed by atoms with Crippen LogP contribution in [0.2, 0.25) is 5.02 Å². The van der Waals surface area contributed by atoms with Crippen LogP contribution in [0, 0.1) is 5.92 Å². The molecule has 2 aromatic rings. The quantitative estimate of drug-likeness (QED) is 0.307. The molecule has 132 valence electrons. The Bertz CT molecular complexity index is 704. The van der Waals surface area contributed by atoms with E-state index in [1.807, 2.05) is 54.6 Å². The van der Waals surface area contributed by atoms with E-state index in [1.165, 1.54) is 0 Å². The fourth-order valence-electron chi connectivity index (χ4n) is 2.42. The zero-order valence-electron chi connectivity index (χ0n) is 14.9. The van der Waals surface area contributed by atoms with Crippen LogP contribution in [0.1, 0.15) is 54.6 Å². The molecule has 0 saturated heterocycles. The van der Waals surface area contributed by atoms with Crippen LogP contribution in [0.25, 0.3) is 12.2 Å². The highest BCUT2D eigenvalue weighted by Crippen LogP contribution is 2.14. The molecule has 25 heavy (non-hydrogen) atoms. The first-order valence-electron chi connectivity index (χ1n) is 8.79. The fraction of sp³-hybridized carbons (Fsp3) is 0.318. The van der Waals surface area contributed by atoms with Crippen molar-refractivity contribution >= 4 is 29.7 Å². The smallest absolute Gasteiger partial charge is 0.338 e. The summed E-state index contributed by atoms with van der Waals surface area (Å²) >= 11 is 5.89. The molecule has 2 nitrogen and oxygen atoms in total. The molecule has 1 atom stereocenters. The second-order valence-corrected chi connectivity index (χ2v) is 6.74. The molecule has 3 heteroatoms. The van der Waals surface area contributed by atoms with Crippen LogP contribution in [-0.2, 0) is 4.74 Å². The van der Waals surface area contributed by atoms with Gasteiger partial charge in [0.05, 0.1) is 12.2 Å². The van der Waals surface area contributed by atoms with Gasteiger partial charge in [0.2, 0.25) is 0 Å². The van der Waals surface area contributed by atoms with Gasteiger partial charge in [0.25, 0.3) is 0 Å². The molecule has 0 radical (unpaired) electrons. The summed E-state index contributed by atoms with van der Waals surface area (Å²) in [4.78, 5) is 12.2. The van der Waals surface area contributed by atoms with Gasteiger partial charge in [-0.2, -0.15) is 0 Å². The van der Waals surface area contributed by atoms with E-state index < -0.39 is 0 Å². The van der Waals surface area contributed by atoms with Gasteiger partial charge in [0.15, 0.2) is 0 Å². The largest absolute Gasteiger partial charge is 0.462 e. The van der Waals surface area contributed by atoms with Crippen molar-refractivity contribution in [2.75, 3.05) is 6.61 Å². The van der Waals surface area contributed by atoms with Crippen molar-refractivity contribution in [2.45, 2.75) is 33.1 Å². The Labute approximate surface area is 155 Å². The topological polar surface area (TPSA) is 26.3 Å². The predicted molar refractivity (Wildman–Crippen MR) is 106 cm³/mol. The Balaban J connectivity index is 1.91. The van der Waals surface area contributed by atoms with Gasteiger partial charge in [0.1, 0.15) is 0 Å². The van der Waals surface area contributed by atoms with Crippen LogP contribution in [0.15, 0.2) is 48.5 Å². The second-order valence-electron chi connectivity index (χ2n) is 6.30. The van der Waals surface area contributed by atoms with Crippen LogP contribution < -0.4 is 0 Å². The lowest BCUT2D eigenvalue weighted by Gasteiger charge is -2.09. The van der Waals surface area contributed by atoms with E-state index >= 15 is 0 Å². The van der Waals surface area contributed by atoms with E-state index in [-0.39, 0.29) is 5.97 Å². The van der Waals surface area contributed by atoms with Gasteiger partial charge in [-0.05, 0) is 54.2 Å². The van der Waals surface area contributed by atoms with Gasteiger partial charge in [-0.1, -0.05) is 68.3 Å². The van der Waals surface area contributed by atoms with Gasteiger partial charge in [-0.15, -0.1) is 0 Å². The summed E-state index contributed by atoms with van der Waals surface area (Å²) < 4.78 is 5.38. The summed E-state index contributed by atoms with van der Waals surface area (Å²) in [6.07, 6.45) is 7.14. The van der Waals surface area contributed by atoms with Crippen molar-refractivity contribution in [3.8, 4) is 0 Å². The molecular formula is C22H25ClO2. The van der Waals surface area contributed by atoms with Crippen LogP contribution in [-0.4, -0.2) is 12.6 Å². The molecule has 0 bridgehead atoms. The number of carbonyl (C=O) groups is 1. The number of carbonyl (C=O) groups excluding carboxylic acids is 1. The Morgan fingerprint density at radius 3 is 2.56 bits per heavy atom. The molecule has 0 aliphatic heterocycles. The molecule has 0 aliphatic rings. The van der Waals surface area contributed by atoms with Crippen LogP contribution in [0.3, 0.4) is 0 Å². The third kappa shape index (κ3) is 6.75. The van der Waals surface area contributed by atoms with Crippen LogP contribution in [0.5, 0.6) is 0 Å². The maximum Gasteiger partial charge on any atom is 0.338 e. The van der Waals surface area contributed by atoms with E-state index in [1.54, 1.807) is 6.07 Å². The SMILES string of the molecule is CCC(C)CCCOC(=O)c1cccc(/C=C/c2ccc(Cl)cc2)c1. The van der Waals surface area contributed by atoms with Crippen molar-refractivity contribution in [2.24, 2.45) is 5.92 Å². The van der Waals surface area contributed by atoms with Crippen molar-refractivity contribution in [1.29, 1.82) is 0 Å². The van der Waals surface area contributed by atoms with Gasteiger partial charge in [0, 0.05) is 5.02 Å². The summed E-state index contributed by atoms with van der Waals surface area (Å²) in [6.45, 7) is 4.88. The number of halogens is 1. The summed E-state index contributed by atoms with van der Waals surface area (Å²) in [5.74, 6) is 0.422. The van der Waals surface area contributed by atoms with E-state index in [4.69, 9.17) is 16.3 Å². The summed E-state index contributed by atoms with van der Waals surface area (Å²) in [5, 5.41) is 0.718. The molecule has 0 spiro atoms. The first-order chi connectivity index (χ1) is 12.1. The minimum atomic E-state index is -0.258. The minimum absolute atomic E-state index is 0.258. The van der Waals surface area contributed by atoms with E-state index in [0.717, 1.165) is 35.4 Å². The number of rotatable bonds is 8. The normalized spacial score (nSPS) is 12.3. The highest BCUT2D eigenvalue weighted by Gasteiger charge is 2.07. The minimum Gasteiger partial charge on any atom is -0.462 e. The lowest BCUT2D eigenvalue weighted by molar-refractivity contribution is 0.0494. The summed E-state index contributed by atoms with van der Waals surface area (Å²) in [7, 11) is 0. The fourth-order valence-corrected chi connectivity index (χ4v) is 2.55. The number of hydrogen-bond donors (Lipinski definition) is 0. The lowest BCUT2D eigenvalue weighted by atomic mass is 10.0. The van der Waals surface area contributed by atoms with Crippen LogP contribution in [0.4, 0.5) is 0 Å². The average molecular weight is 357 g/mol. The number of hydrogen-bond acceptors (Lipinski definition) is 2. The molecule has 0 N–H and O–H groups in total. The van der Waals surface area contributed by atoms with E-state index in [0.29, 0.717) is 18.1 Å². The third-order valence-corrected chi connectivity index (χ3v) is 4.48. The first kappa shape index (κ1) is 19.3. The van der Waals surface area contributed by atoms with Gasteiger partial charge in [-0.25, -0.2) is 4.79 Å². The van der Waals surface area contributed by atoms with Crippen molar-refractivity contribution in [1.82, 2.24) is 0 Å². The Kier molecular flexibility index (Phi) is 7.75. The number of esters is 1. The highest BCUT2D eigenvalue weighted by molar-refractivity contribution is 6.30. The molecule has 0 aliphatic carbocycles. The molecule has 2 aromatic carbocycles. The van der Waals surface area contributed by atoms with Gasteiger partial charge in [-0.3, -0.25) is 0 Å².